The fourth-order valence-electron chi connectivity index (χ4n) is 3.32. The van der Waals surface area contributed by atoms with Crippen LogP contribution in [0.1, 0.15) is 39.5 Å². The molecule has 0 bridgehead atoms. The van der Waals surface area contributed by atoms with Gasteiger partial charge in [-0.1, -0.05) is 0 Å². The van der Waals surface area contributed by atoms with Crippen LogP contribution in [-0.4, -0.2) is 60.7 Å². The summed E-state index contributed by atoms with van der Waals surface area (Å²) in [6.45, 7) is 5.50. The molecule has 2 rings (SSSR count). The molecule has 0 spiro atoms. The van der Waals surface area contributed by atoms with Crippen molar-refractivity contribution in [3.05, 3.63) is 0 Å². The minimum absolute atomic E-state index is 0.248. The molecule has 4 nitrogen and oxygen atoms in total. The zero-order chi connectivity index (χ0) is 13.1. The van der Waals surface area contributed by atoms with Gasteiger partial charge in [-0.2, -0.15) is 0 Å². The maximum absolute atomic E-state index is 9.08. The number of hydrogen-bond acceptors (Lipinski definition) is 4. The van der Waals surface area contributed by atoms with Crippen molar-refractivity contribution >= 4 is 0 Å². The summed E-state index contributed by atoms with van der Waals surface area (Å²) in [7, 11) is 1.78. The molecule has 0 aromatic heterocycles. The number of likely N-dealkylation sites (tertiary alicyclic amines) is 1. The lowest BCUT2D eigenvalue weighted by molar-refractivity contribution is -0.137. The van der Waals surface area contributed by atoms with Crippen molar-refractivity contribution < 1.29 is 14.6 Å². The van der Waals surface area contributed by atoms with Gasteiger partial charge in [0.2, 0.25) is 0 Å². The Morgan fingerprint density at radius 1 is 1.00 bits per heavy atom. The Hall–Kier alpha value is -0.160. The normalized spacial score (nSPS) is 41.7. The van der Waals surface area contributed by atoms with Crippen molar-refractivity contribution in [2.24, 2.45) is 0 Å². The van der Waals surface area contributed by atoms with Gasteiger partial charge in [-0.15, -0.1) is 0 Å². The number of methoxy groups -OCH3 is 1. The molecule has 106 valence electrons. The molecule has 4 heteroatoms. The first-order valence-electron chi connectivity index (χ1n) is 7.18. The highest BCUT2D eigenvalue weighted by atomic mass is 16.5. The number of nitrogens with zero attached hydrogens (tertiary/aromatic N) is 1. The van der Waals surface area contributed by atoms with E-state index in [4.69, 9.17) is 14.6 Å². The molecule has 1 heterocycles. The third kappa shape index (κ3) is 3.23. The smallest absolute Gasteiger partial charge is 0.0628 e. The second kappa shape index (κ2) is 6.33. The molecular weight excluding hydrogens is 230 g/mol. The Bertz CT molecular complexity index is 241. The average molecular weight is 257 g/mol. The molecule has 1 aliphatic carbocycles. The number of aliphatic hydroxyl groups is 1. The van der Waals surface area contributed by atoms with Crippen molar-refractivity contribution in [3.63, 3.8) is 0 Å². The second-order valence-corrected chi connectivity index (χ2v) is 5.84. The zero-order valence-electron chi connectivity index (χ0n) is 11.8. The van der Waals surface area contributed by atoms with E-state index < -0.39 is 0 Å². The minimum atomic E-state index is 0.248. The Morgan fingerprint density at radius 3 is 2.06 bits per heavy atom. The second-order valence-electron chi connectivity index (χ2n) is 5.84. The Balaban J connectivity index is 1.76. The lowest BCUT2D eigenvalue weighted by Crippen LogP contribution is -2.51. The lowest BCUT2D eigenvalue weighted by atomic mass is 9.90. The standard InChI is InChI=1S/C14H27NO3/c1-10-6-13(7-11(2)15(10)4-5-16)18-14-8-12(9-14)17-3/h10-14,16H,4-9H2,1-3H3. The van der Waals surface area contributed by atoms with Crippen molar-refractivity contribution in [2.75, 3.05) is 20.3 Å². The highest BCUT2D eigenvalue weighted by Crippen LogP contribution is 2.31. The summed E-state index contributed by atoms with van der Waals surface area (Å²) in [5.74, 6) is 0. The largest absolute Gasteiger partial charge is 0.395 e. The maximum atomic E-state index is 9.08. The van der Waals surface area contributed by atoms with Gasteiger partial charge in [0.1, 0.15) is 0 Å². The van der Waals surface area contributed by atoms with Gasteiger partial charge in [-0.25, -0.2) is 0 Å². The molecule has 0 aromatic carbocycles. The van der Waals surface area contributed by atoms with Crippen LogP contribution < -0.4 is 0 Å². The van der Waals surface area contributed by atoms with Crippen LogP contribution in [0.25, 0.3) is 0 Å². The zero-order valence-corrected chi connectivity index (χ0v) is 11.8. The van der Waals surface area contributed by atoms with Crippen molar-refractivity contribution in [1.29, 1.82) is 0 Å². The first kappa shape index (κ1) is 14.3. The van der Waals surface area contributed by atoms with Crippen molar-refractivity contribution in [3.8, 4) is 0 Å². The van der Waals surface area contributed by atoms with E-state index in [1.807, 2.05) is 0 Å². The van der Waals surface area contributed by atoms with Gasteiger partial charge in [-0.3, -0.25) is 4.90 Å². The van der Waals surface area contributed by atoms with Crippen LogP contribution >= 0.6 is 0 Å². The lowest BCUT2D eigenvalue weighted by Gasteiger charge is -2.45. The van der Waals surface area contributed by atoms with Crippen LogP contribution in [0.4, 0.5) is 0 Å². The SMILES string of the molecule is COC1CC(OC2CC(C)N(CCO)C(C)C2)C1. The van der Waals surface area contributed by atoms with Crippen LogP contribution in [0.15, 0.2) is 0 Å². The van der Waals surface area contributed by atoms with Crippen LogP contribution in [0.5, 0.6) is 0 Å². The maximum Gasteiger partial charge on any atom is 0.0628 e. The quantitative estimate of drug-likeness (QED) is 0.808. The van der Waals surface area contributed by atoms with Gasteiger partial charge >= 0.3 is 0 Å². The third-order valence-electron chi connectivity index (χ3n) is 4.47. The van der Waals surface area contributed by atoms with Crippen LogP contribution in [0.2, 0.25) is 0 Å². The van der Waals surface area contributed by atoms with Gasteiger partial charge < -0.3 is 14.6 Å². The Morgan fingerprint density at radius 2 is 1.56 bits per heavy atom. The van der Waals surface area contributed by atoms with Gasteiger partial charge in [-0.05, 0) is 39.5 Å². The van der Waals surface area contributed by atoms with Gasteiger partial charge in [0.15, 0.2) is 0 Å². The minimum Gasteiger partial charge on any atom is -0.395 e. The average Bonchev–Trinajstić information content (AvgIpc) is 2.28. The summed E-state index contributed by atoms with van der Waals surface area (Å²) in [5, 5.41) is 9.08. The summed E-state index contributed by atoms with van der Waals surface area (Å²) in [6, 6.07) is 1.01. The molecule has 2 fully saturated rings. The molecule has 1 saturated carbocycles. The predicted molar refractivity (Wildman–Crippen MR) is 70.6 cm³/mol. The molecule has 0 aromatic rings. The number of β-amino-alcohol motifs (C(OH)–C–C–N with tert-alkyl or cyclic N) is 1. The van der Waals surface area contributed by atoms with Crippen LogP contribution in [0, 0.1) is 0 Å². The van der Waals surface area contributed by atoms with E-state index in [0.29, 0.717) is 30.4 Å². The summed E-state index contributed by atoms with van der Waals surface area (Å²) in [6.07, 6.45) is 5.47. The molecule has 0 amide bonds. The van der Waals surface area contributed by atoms with E-state index in [-0.39, 0.29) is 6.61 Å². The number of hydrogen-bond donors (Lipinski definition) is 1. The molecule has 2 unspecified atom stereocenters. The number of rotatable bonds is 5. The molecule has 18 heavy (non-hydrogen) atoms. The molecule has 2 aliphatic rings. The van der Waals surface area contributed by atoms with Crippen LogP contribution in [0.3, 0.4) is 0 Å². The highest BCUT2D eigenvalue weighted by molar-refractivity contribution is 4.88. The van der Waals surface area contributed by atoms with E-state index >= 15 is 0 Å². The van der Waals surface area contributed by atoms with E-state index in [1.165, 1.54) is 0 Å². The van der Waals surface area contributed by atoms with E-state index in [1.54, 1.807) is 7.11 Å². The van der Waals surface area contributed by atoms with E-state index in [9.17, 15) is 0 Å². The van der Waals surface area contributed by atoms with Crippen molar-refractivity contribution in [1.82, 2.24) is 4.90 Å². The van der Waals surface area contributed by atoms with Crippen LogP contribution in [-0.2, 0) is 9.47 Å². The molecule has 2 atom stereocenters. The monoisotopic (exact) mass is 257 g/mol. The number of piperidine rings is 1. The fourth-order valence-corrected chi connectivity index (χ4v) is 3.32. The topological polar surface area (TPSA) is 41.9 Å². The summed E-state index contributed by atoms with van der Waals surface area (Å²) in [4.78, 5) is 2.39. The highest BCUT2D eigenvalue weighted by Gasteiger charge is 2.36. The van der Waals surface area contributed by atoms with E-state index in [2.05, 4.69) is 18.7 Å². The molecule has 1 N–H and O–H groups in total. The van der Waals surface area contributed by atoms with Gasteiger partial charge in [0, 0.05) is 25.7 Å². The van der Waals surface area contributed by atoms with E-state index in [0.717, 1.165) is 32.2 Å². The fraction of sp³-hybridized carbons (Fsp3) is 1.00. The Labute approximate surface area is 110 Å². The van der Waals surface area contributed by atoms with Gasteiger partial charge in [0.05, 0.1) is 24.9 Å². The number of aliphatic hydroxyl groups excluding tert-OH is 1. The summed E-state index contributed by atoms with van der Waals surface area (Å²) >= 11 is 0. The third-order valence-corrected chi connectivity index (χ3v) is 4.47. The first-order valence-corrected chi connectivity index (χ1v) is 7.18. The number of ether oxygens (including phenoxy) is 2. The summed E-state index contributed by atoms with van der Waals surface area (Å²) < 4.78 is 11.4. The summed E-state index contributed by atoms with van der Waals surface area (Å²) in [5.41, 5.74) is 0. The first-order chi connectivity index (χ1) is 8.63. The predicted octanol–water partition coefficient (Wildman–Crippen LogP) is 1.41. The van der Waals surface area contributed by atoms with Gasteiger partial charge in [0.25, 0.3) is 0 Å². The molecule has 1 saturated heterocycles. The molecular formula is C14H27NO3. The molecule has 0 radical (unpaired) electrons. The molecule has 1 aliphatic heterocycles. The van der Waals surface area contributed by atoms with Crippen molar-refractivity contribution in [2.45, 2.75) is 69.9 Å². The Kier molecular flexibility index (Phi) is 5.01.